The number of hydrogen-bond donors (Lipinski definition) is 1. The van der Waals surface area contributed by atoms with E-state index in [1.807, 2.05) is 24.1 Å². The number of aliphatic hydroxyl groups excluding tert-OH is 1. The third-order valence-corrected chi connectivity index (χ3v) is 7.47. The second-order valence-electron chi connectivity index (χ2n) is 7.78. The zero-order valence-electron chi connectivity index (χ0n) is 15.0. The minimum Gasteiger partial charge on any atom is -0.472 e. The number of nitrogens with zero attached hydrogens (tertiary/aromatic N) is 1. The van der Waals surface area contributed by atoms with E-state index in [4.69, 9.17) is 4.42 Å². The van der Waals surface area contributed by atoms with E-state index in [9.17, 15) is 5.11 Å². The molecule has 2 aliphatic heterocycles. The highest BCUT2D eigenvalue weighted by molar-refractivity contribution is 8.00. The Morgan fingerprint density at radius 2 is 1.96 bits per heavy atom. The van der Waals surface area contributed by atoms with Gasteiger partial charge < -0.3 is 9.52 Å². The van der Waals surface area contributed by atoms with Crippen molar-refractivity contribution in [3.8, 4) is 0 Å². The predicted octanol–water partition coefficient (Wildman–Crippen LogP) is 5.08. The van der Waals surface area contributed by atoms with Gasteiger partial charge in [0, 0.05) is 22.5 Å². The van der Waals surface area contributed by atoms with E-state index in [1.165, 1.54) is 16.9 Å². The van der Waals surface area contributed by atoms with Crippen LogP contribution in [0.3, 0.4) is 0 Å². The predicted molar refractivity (Wildman–Crippen MR) is 101 cm³/mol. The summed E-state index contributed by atoms with van der Waals surface area (Å²) < 4.78 is 5.15. The molecule has 4 heteroatoms. The fraction of sp³-hybridized carbons (Fsp3) is 0.524. The first-order valence-corrected chi connectivity index (χ1v) is 10.1. The van der Waals surface area contributed by atoms with Crippen molar-refractivity contribution in [2.45, 2.75) is 67.5 Å². The highest BCUT2D eigenvalue weighted by Crippen LogP contribution is 2.51. The molecule has 0 aliphatic carbocycles. The Morgan fingerprint density at radius 1 is 1.16 bits per heavy atom. The summed E-state index contributed by atoms with van der Waals surface area (Å²) in [6, 6.07) is 13.2. The molecule has 1 unspecified atom stereocenters. The second-order valence-corrected chi connectivity index (χ2v) is 9.39. The van der Waals surface area contributed by atoms with E-state index in [1.54, 1.807) is 6.26 Å². The van der Waals surface area contributed by atoms with Crippen LogP contribution in [-0.2, 0) is 0 Å². The lowest BCUT2D eigenvalue weighted by Crippen LogP contribution is -2.61. The van der Waals surface area contributed by atoms with Crippen molar-refractivity contribution in [2.75, 3.05) is 0 Å². The van der Waals surface area contributed by atoms with Gasteiger partial charge in [-0.3, -0.25) is 4.90 Å². The van der Waals surface area contributed by atoms with Crippen molar-refractivity contribution in [3.63, 3.8) is 0 Å². The van der Waals surface area contributed by atoms with E-state index in [0.29, 0.717) is 12.0 Å². The van der Waals surface area contributed by atoms with E-state index in [2.05, 4.69) is 49.1 Å². The molecule has 0 radical (unpaired) electrons. The molecule has 2 aromatic rings. The number of furan rings is 1. The van der Waals surface area contributed by atoms with E-state index in [-0.39, 0.29) is 10.8 Å². The Hall–Kier alpha value is -1.23. The summed E-state index contributed by atoms with van der Waals surface area (Å²) in [6.45, 7) is 4.56. The molecule has 0 amide bonds. The first kappa shape index (κ1) is 17.2. The summed E-state index contributed by atoms with van der Waals surface area (Å²) in [5, 5.41) is 11.4. The number of aliphatic hydroxyl groups is 1. The van der Waals surface area contributed by atoms with Gasteiger partial charge in [0.25, 0.3) is 0 Å². The summed E-state index contributed by atoms with van der Waals surface area (Å²) in [4.78, 5) is 3.62. The van der Waals surface area contributed by atoms with Gasteiger partial charge >= 0.3 is 0 Å². The van der Waals surface area contributed by atoms with Gasteiger partial charge in [0.1, 0.15) is 6.23 Å². The molecule has 1 aromatic heterocycles. The lowest BCUT2D eigenvalue weighted by atomic mass is 9.77. The fourth-order valence-electron chi connectivity index (χ4n) is 4.62. The Bertz CT molecular complexity index is 689. The van der Waals surface area contributed by atoms with Crippen molar-refractivity contribution in [1.29, 1.82) is 0 Å². The van der Waals surface area contributed by atoms with Crippen LogP contribution in [0.2, 0.25) is 0 Å². The third kappa shape index (κ3) is 3.16. The van der Waals surface area contributed by atoms with Crippen molar-refractivity contribution in [3.05, 3.63) is 54.5 Å². The summed E-state index contributed by atoms with van der Waals surface area (Å²) in [5.74, 6) is 0.629. The van der Waals surface area contributed by atoms with Crippen LogP contribution in [0.1, 0.15) is 51.1 Å². The van der Waals surface area contributed by atoms with Crippen molar-refractivity contribution in [2.24, 2.45) is 5.92 Å². The van der Waals surface area contributed by atoms with Gasteiger partial charge in [0.2, 0.25) is 0 Å². The van der Waals surface area contributed by atoms with Crippen LogP contribution < -0.4 is 0 Å². The average Bonchev–Trinajstić information content (AvgIpc) is 3.14. The highest BCUT2D eigenvalue weighted by atomic mass is 32.2. The largest absolute Gasteiger partial charge is 0.472 e. The van der Waals surface area contributed by atoms with Crippen LogP contribution in [-0.4, -0.2) is 27.0 Å². The van der Waals surface area contributed by atoms with Gasteiger partial charge in [0.15, 0.2) is 0 Å². The standard InChI is InChI=1S/C21H27NO2S/c1-15-8-9-19(16-11-13-24-14-16)22-18(15)10-12-21(2,20(22)23)25-17-6-4-3-5-7-17/h3-7,11,13-15,18-20,23H,8-10,12H2,1-2H3/t15-,18+,19+,20?,21+/m1/s1. The van der Waals surface area contributed by atoms with Crippen LogP contribution in [0.15, 0.2) is 58.2 Å². The molecule has 0 saturated carbocycles. The van der Waals surface area contributed by atoms with Gasteiger partial charge in [-0.25, -0.2) is 0 Å². The van der Waals surface area contributed by atoms with Crippen molar-refractivity contribution < 1.29 is 9.52 Å². The lowest BCUT2D eigenvalue weighted by Gasteiger charge is -2.56. The first-order chi connectivity index (χ1) is 12.1. The number of fused-ring (bicyclic) bond motifs is 1. The number of piperidine rings is 2. The number of benzene rings is 1. The van der Waals surface area contributed by atoms with Gasteiger partial charge in [-0.2, -0.15) is 0 Å². The van der Waals surface area contributed by atoms with Crippen molar-refractivity contribution in [1.82, 2.24) is 4.90 Å². The van der Waals surface area contributed by atoms with Gasteiger partial charge in [-0.1, -0.05) is 25.1 Å². The maximum atomic E-state index is 11.4. The zero-order valence-corrected chi connectivity index (χ0v) is 15.8. The monoisotopic (exact) mass is 357 g/mol. The first-order valence-electron chi connectivity index (χ1n) is 9.30. The average molecular weight is 358 g/mol. The maximum Gasteiger partial charge on any atom is 0.123 e. The lowest BCUT2D eigenvalue weighted by molar-refractivity contribution is -0.132. The second kappa shape index (κ2) is 6.82. The molecule has 1 aromatic carbocycles. The summed E-state index contributed by atoms with van der Waals surface area (Å²) in [5.41, 5.74) is 1.20. The minimum absolute atomic E-state index is 0.198. The van der Waals surface area contributed by atoms with Gasteiger partial charge in [-0.05, 0) is 56.7 Å². The number of rotatable bonds is 3. The topological polar surface area (TPSA) is 36.6 Å². The highest BCUT2D eigenvalue weighted by Gasteiger charge is 2.50. The molecule has 2 saturated heterocycles. The smallest absolute Gasteiger partial charge is 0.123 e. The van der Waals surface area contributed by atoms with Gasteiger partial charge in [-0.15, -0.1) is 11.8 Å². The molecule has 4 rings (SSSR count). The quantitative estimate of drug-likeness (QED) is 0.831. The Morgan fingerprint density at radius 3 is 2.68 bits per heavy atom. The molecular formula is C21H27NO2S. The summed E-state index contributed by atoms with van der Waals surface area (Å²) in [6.07, 6.45) is 7.61. The number of hydrogen-bond acceptors (Lipinski definition) is 4. The zero-order chi connectivity index (χ0) is 17.4. The molecule has 5 atom stereocenters. The summed E-state index contributed by atoms with van der Waals surface area (Å²) in [7, 11) is 0. The Labute approximate surface area is 154 Å². The normalized spacial score (nSPS) is 36.1. The molecule has 134 valence electrons. The molecule has 0 spiro atoms. The molecule has 3 nitrogen and oxygen atoms in total. The molecule has 25 heavy (non-hydrogen) atoms. The third-order valence-electron chi connectivity index (χ3n) is 6.08. The molecular weight excluding hydrogens is 330 g/mol. The van der Waals surface area contributed by atoms with Crippen LogP contribution >= 0.6 is 11.8 Å². The molecule has 1 N–H and O–H groups in total. The fourth-order valence-corrected chi connectivity index (χ4v) is 5.90. The van der Waals surface area contributed by atoms with Crippen LogP contribution in [0.5, 0.6) is 0 Å². The molecule has 0 bridgehead atoms. The van der Waals surface area contributed by atoms with E-state index in [0.717, 1.165) is 19.3 Å². The van der Waals surface area contributed by atoms with Crippen LogP contribution in [0, 0.1) is 5.92 Å². The van der Waals surface area contributed by atoms with E-state index < -0.39 is 6.23 Å². The van der Waals surface area contributed by atoms with Crippen molar-refractivity contribution >= 4 is 11.8 Å². The van der Waals surface area contributed by atoms with Crippen LogP contribution in [0.4, 0.5) is 0 Å². The Balaban J connectivity index is 1.63. The molecule has 3 heterocycles. The summed E-state index contributed by atoms with van der Waals surface area (Å²) >= 11 is 1.82. The maximum absolute atomic E-state index is 11.4. The number of thioether (sulfide) groups is 1. The minimum atomic E-state index is -0.459. The van der Waals surface area contributed by atoms with E-state index >= 15 is 0 Å². The Kier molecular flexibility index (Phi) is 4.69. The molecule has 2 fully saturated rings. The van der Waals surface area contributed by atoms with Crippen LogP contribution in [0.25, 0.3) is 0 Å². The SMILES string of the molecule is C[C@@H]1CC[C@@H](c2ccoc2)N2C(O)[C@@](C)(Sc3ccccc3)CC[C@@H]12. The van der Waals surface area contributed by atoms with Gasteiger partial charge in [0.05, 0.1) is 17.3 Å². The molecule has 2 aliphatic rings.